The minimum Gasteiger partial charge on any atom is -0.459 e. The molecule has 0 heterocycles. The van der Waals surface area contributed by atoms with E-state index in [0.717, 1.165) is 4.90 Å². The summed E-state index contributed by atoms with van der Waals surface area (Å²) in [7, 11) is 0. The van der Waals surface area contributed by atoms with Gasteiger partial charge in [-0.2, -0.15) is 0 Å². The normalized spacial score (nSPS) is 12.5. The van der Waals surface area contributed by atoms with Gasteiger partial charge in [0.1, 0.15) is 18.4 Å². The molecule has 3 amide bonds. The van der Waals surface area contributed by atoms with Crippen molar-refractivity contribution in [1.29, 1.82) is 0 Å². The Kier molecular flexibility index (Phi) is 8.70. The number of esters is 1. The quantitative estimate of drug-likeness (QED) is 0.574. The molecule has 0 spiro atoms. The Morgan fingerprint density at radius 3 is 2.14 bits per heavy atom. The second-order valence-electron chi connectivity index (χ2n) is 5.72. The van der Waals surface area contributed by atoms with Crippen LogP contribution in [0.1, 0.15) is 54.4 Å². The molecule has 128 valence electrons. The summed E-state index contributed by atoms with van der Waals surface area (Å²) in [4.78, 5) is 36.8. The SMILES string of the molecule is CCOC(CC)NC(=O)N(CC(=O)OC(C)(C)C)C(=O)CC. The molecule has 0 aliphatic rings. The number of carbonyl (C=O) groups is 3. The monoisotopic (exact) mass is 316 g/mol. The smallest absolute Gasteiger partial charge is 0.326 e. The molecule has 7 heteroatoms. The number of amides is 3. The largest absolute Gasteiger partial charge is 0.459 e. The van der Waals surface area contributed by atoms with Crippen molar-refractivity contribution in [2.45, 2.75) is 66.2 Å². The summed E-state index contributed by atoms with van der Waals surface area (Å²) in [6.45, 7) is 10.5. The number of rotatable bonds is 7. The molecule has 0 saturated heterocycles. The van der Waals surface area contributed by atoms with E-state index in [4.69, 9.17) is 9.47 Å². The fraction of sp³-hybridized carbons (Fsp3) is 0.800. The molecule has 0 aromatic carbocycles. The third kappa shape index (κ3) is 7.97. The van der Waals surface area contributed by atoms with Crippen molar-refractivity contribution in [1.82, 2.24) is 10.2 Å². The molecule has 0 aromatic rings. The summed E-state index contributed by atoms with van der Waals surface area (Å²) in [6, 6.07) is -0.655. The third-order valence-electron chi connectivity index (χ3n) is 2.58. The highest BCUT2D eigenvalue weighted by Gasteiger charge is 2.27. The van der Waals surface area contributed by atoms with E-state index in [1.807, 2.05) is 13.8 Å². The number of hydrogen-bond donors (Lipinski definition) is 1. The molecule has 22 heavy (non-hydrogen) atoms. The zero-order valence-corrected chi connectivity index (χ0v) is 14.4. The number of urea groups is 1. The maximum Gasteiger partial charge on any atom is 0.326 e. The minimum absolute atomic E-state index is 0.113. The highest BCUT2D eigenvalue weighted by atomic mass is 16.6. The molecule has 0 aliphatic heterocycles. The van der Waals surface area contributed by atoms with E-state index in [0.29, 0.717) is 13.0 Å². The molecule has 7 nitrogen and oxygen atoms in total. The van der Waals surface area contributed by atoms with Crippen LogP contribution >= 0.6 is 0 Å². The van der Waals surface area contributed by atoms with Crippen molar-refractivity contribution in [3.05, 3.63) is 0 Å². The molecule has 0 radical (unpaired) electrons. The summed E-state index contributed by atoms with van der Waals surface area (Å²) in [5.41, 5.74) is -0.675. The van der Waals surface area contributed by atoms with E-state index in [9.17, 15) is 14.4 Å². The van der Waals surface area contributed by atoms with Gasteiger partial charge >= 0.3 is 12.0 Å². The van der Waals surface area contributed by atoms with Gasteiger partial charge in [0.2, 0.25) is 5.91 Å². The summed E-state index contributed by atoms with van der Waals surface area (Å²) in [5, 5.41) is 2.59. The van der Waals surface area contributed by atoms with Crippen LogP contribution in [0.3, 0.4) is 0 Å². The van der Waals surface area contributed by atoms with Crippen molar-refractivity contribution in [3.63, 3.8) is 0 Å². The first-order chi connectivity index (χ1) is 10.1. The zero-order valence-electron chi connectivity index (χ0n) is 14.4. The van der Waals surface area contributed by atoms with Gasteiger partial charge in [-0.3, -0.25) is 14.5 Å². The van der Waals surface area contributed by atoms with Crippen LogP contribution in [0.15, 0.2) is 0 Å². The van der Waals surface area contributed by atoms with Crippen LogP contribution in [0.5, 0.6) is 0 Å². The molecular formula is C15H28N2O5. The highest BCUT2D eigenvalue weighted by Crippen LogP contribution is 2.08. The molecule has 0 fully saturated rings. The van der Waals surface area contributed by atoms with Crippen molar-refractivity contribution in [2.75, 3.05) is 13.2 Å². The second-order valence-corrected chi connectivity index (χ2v) is 5.72. The van der Waals surface area contributed by atoms with Crippen molar-refractivity contribution >= 4 is 17.9 Å². The number of imide groups is 1. The zero-order chi connectivity index (χ0) is 17.3. The van der Waals surface area contributed by atoms with Crippen LogP contribution < -0.4 is 5.32 Å². The summed E-state index contributed by atoms with van der Waals surface area (Å²) in [6.07, 6.45) is 0.172. The van der Waals surface area contributed by atoms with Crippen LogP contribution in [-0.2, 0) is 19.1 Å². The maximum atomic E-state index is 12.2. The van der Waals surface area contributed by atoms with Crippen molar-refractivity contribution in [2.24, 2.45) is 0 Å². The molecule has 0 saturated carbocycles. The van der Waals surface area contributed by atoms with E-state index in [1.165, 1.54) is 0 Å². The number of nitrogens with one attached hydrogen (secondary N) is 1. The minimum atomic E-state index is -0.675. The first kappa shape index (κ1) is 20.4. The number of ether oxygens (including phenoxy) is 2. The van der Waals surface area contributed by atoms with Gasteiger partial charge in [-0.05, 0) is 34.1 Å². The van der Waals surface area contributed by atoms with E-state index < -0.39 is 36.3 Å². The van der Waals surface area contributed by atoms with Gasteiger partial charge in [-0.15, -0.1) is 0 Å². The first-order valence-corrected chi connectivity index (χ1v) is 7.58. The standard InChI is InChI=1S/C15H28N2O5/c1-7-11(21-9-3)16-14(20)17(12(18)8-2)10-13(19)22-15(4,5)6/h11H,7-10H2,1-6H3,(H,16,20). The van der Waals surface area contributed by atoms with E-state index >= 15 is 0 Å². The van der Waals surface area contributed by atoms with E-state index in [1.54, 1.807) is 27.7 Å². The van der Waals surface area contributed by atoms with Gasteiger partial charge in [0, 0.05) is 13.0 Å². The Balaban J connectivity index is 4.86. The number of nitrogens with zero attached hydrogens (tertiary/aromatic N) is 1. The summed E-state index contributed by atoms with van der Waals surface area (Å²) in [5.74, 6) is -1.08. The fourth-order valence-corrected chi connectivity index (χ4v) is 1.65. The van der Waals surface area contributed by atoms with Gasteiger partial charge in [-0.25, -0.2) is 4.79 Å². The first-order valence-electron chi connectivity index (χ1n) is 7.58. The van der Waals surface area contributed by atoms with Gasteiger partial charge < -0.3 is 14.8 Å². The second kappa shape index (κ2) is 9.40. The van der Waals surface area contributed by atoms with Crippen LogP contribution in [0.4, 0.5) is 4.79 Å². The predicted molar refractivity (Wildman–Crippen MR) is 82.1 cm³/mol. The van der Waals surface area contributed by atoms with E-state index in [-0.39, 0.29) is 6.42 Å². The van der Waals surface area contributed by atoms with Crippen LogP contribution in [0, 0.1) is 0 Å². The number of hydrogen-bond acceptors (Lipinski definition) is 5. The van der Waals surface area contributed by atoms with Crippen molar-refractivity contribution < 1.29 is 23.9 Å². The van der Waals surface area contributed by atoms with Gasteiger partial charge in [-0.1, -0.05) is 13.8 Å². The predicted octanol–water partition coefficient (Wildman–Crippen LogP) is 2.05. The summed E-state index contributed by atoms with van der Waals surface area (Å²) >= 11 is 0. The molecule has 0 rings (SSSR count). The van der Waals surface area contributed by atoms with E-state index in [2.05, 4.69) is 5.32 Å². The Morgan fingerprint density at radius 2 is 1.73 bits per heavy atom. The average Bonchev–Trinajstić information content (AvgIpc) is 2.41. The molecule has 1 atom stereocenters. The molecule has 1 unspecified atom stereocenters. The third-order valence-corrected chi connectivity index (χ3v) is 2.58. The fourth-order valence-electron chi connectivity index (χ4n) is 1.65. The Hall–Kier alpha value is -1.63. The lowest BCUT2D eigenvalue weighted by molar-refractivity contribution is -0.157. The Labute approximate surface area is 132 Å². The lowest BCUT2D eigenvalue weighted by Crippen LogP contribution is -2.50. The van der Waals surface area contributed by atoms with Crippen LogP contribution in [0.2, 0.25) is 0 Å². The molecule has 0 bridgehead atoms. The molecular weight excluding hydrogens is 288 g/mol. The summed E-state index contributed by atoms with van der Waals surface area (Å²) < 4.78 is 10.5. The van der Waals surface area contributed by atoms with Gasteiger partial charge in [0.05, 0.1) is 0 Å². The van der Waals surface area contributed by atoms with Crippen LogP contribution in [0.25, 0.3) is 0 Å². The Bertz CT molecular complexity index is 390. The van der Waals surface area contributed by atoms with Crippen molar-refractivity contribution in [3.8, 4) is 0 Å². The molecule has 0 aliphatic carbocycles. The number of carbonyl (C=O) groups excluding carboxylic acids is 3. The molecule has 0 aromatic heterocycles. The van der Waals surface area contributed by atoms with Gasteiger partial charge in [0.25, 0.3) is 0 Å². The lowest BCUT2D eigenvalue weighted by Gasteiger charge is -2.26. The van der Waals surface area contributed by atoms with Crippen LogP contribution in [-0.4, -0.2) is 47.8 Å². The van der Waals surface area contributed by atoms with Gasteiger partial charge in [0.15, 0.2) is 0 Å². The topological polar surface area (TPSA) is 84.9 Å². The highest BCUT2D eigenvalue weighted by molar-refractivity contribution is 5.97. The maximum absolute atomic E-state index is 12.2. The Morgan fingerprint density at radius 1 is 1.14 bits per heavy atom. The molecule has 1 N–H and O–H groups in total. The lowest BCUT2D eigenvalue weighted by atomic mass is 10.2. The average molecular weight is 316 g/mol.